The van der Waals surface area contributed by atoms with Crippen molar-refractivity contribution >= 4 is 29.9 Å². The Bertz CT molecular complexity index is 778. The molecule has 2 heterocycles. The van der Waals surface area contributed by atoms with Crippen molar-refractivity contribution in [1.29, 1.82) is 0 Å². The highest BCUT2D eigenvalue weighted by molar-refractivity contribution is 14.0. The first-order chi connectivity index (χ1) is 14.1. The third kappa shape index (κ3) is 6.92. The maximum Gasteiger partial charge on any atom is 0.194 e. The first kappa shape index (κ1) is 24.5. The van der Waals surface area contributed by atoms with Crippen molar-refractivity contribution in [3.63, 3.8) is 0 Å². The first-order valence-corrected chi connectivity index (χ1v) is 10.1. The van der Waals surface area contributed by atoms with Crippen molar-refractivity contribution in [2.24, 2.45) is 4.99 Å². The fraction of sp³-hybridized carbons (Fsp3) is 0.524. The van der Waals surface area contributed by atoms with Crippen molar-refractivity contribution in [2.45, 2.75) is 19.5 Å². The van der Waals surface area contributed by atoms with E-state index in [-0.39, 0.29) is 35.8 Å². The van der Waals surface area contributed by atoms with E-state index in [9.17, 15) is 4.39 Å². The lowest BCUT2D eigenvalue weighted by molar-refractivity contribution is 0.168. The van der Waals surface area contributed by atoms with Gasteiger partial charge in [-0.3, -0.25) is 9.89 Å². The van der Waals surface area contributed by atoms with Crippen LogP contribution < -0.4 is 5.32 Å². The Morgan fingerprint density at radius 1 is 1.27 bits per heavy atom. The number of piperazine rings is 1. The summed E-state index contributed by atoms with van der Waals surface area (Å²) in [7, 11) is 4.00. The molecule has 1 unspecified atom stereocenters. The smallest absolute Gasteiger partial charge is 0.194 e. The summed E-state index contributed by atoms with van der Waals surface area (Å²) in [6, 6.07) is 8.71. The number of nitrogens with one attached hydrogen (secondary N) is 1. The highest BCUT2D eigenvalue weighted by Crippen LogP contribution is 2.19. The number of likely N-dealkylation sites (N-methyl/N-ethyl adjacent to an activating group) is 1. The van der Waals surface area contributed by atoms with Gasteiger partial charge >= 0.3 is 0 Å². The zero-order valence-electron chi connectivity index (χ0n) is 17.9. The molecule has 1 aromatic heterocycles. The van der Waals surface area contributed by atoms with Crippen LogP contribution >= 0.6 is 24.0 Å². The van der Waals surface area contributed by atoms with Crippen LogP contribution in [0.15, 0.2) is 46.1 Å². The third-order valence-electron chi connectivity index (χ3n) is 5.15. The number of hydrogen-bond acceptors (Lipinski definition) is 5. The minimum absolute atomic E-state index is 0. The second-order valence-corrected chi connectivity index (χ2v) is 7.48. The number of hydrogen-bond donors (Lipinski definition) is 1. The highest BCUT2D eigenvalue weighted by Gasteiger charge is 2.21. The van der Waals surface area contributed by atoms with Gasteiger partial charge in [0.25, 0.3) is 0 Å². The van der Waals surface area contributed by atoms with Crippen molar-refractivity contribution < 1.29 is 8.91 Å². The second kappa shape index (κ2) is 12.2. The highest BCUT2D eigenvalue weighted by atomic mass is 127. The van der Waals surface area contributed by atoms with Crippen LogP contribution in [0.1, 0.15) is 24.2 Å². The molecule has 0 aliphatic carbocycles. The van der Waals surface area contributed by atoms with Crippen LogP contribution in [0.4, 0.5) is 4.39 Å². The summed E-state index contributed by atoms with van der Waals surface area (Å²) >= 11 is 0. The molecular weight excluding hydrogens is 498 g/mol. The lowest BCUT2D eigenvalue weighted by Crippen LogP contribution is -2.52. The topological polar surface area (TPSA) is 60.1 Å². The van der Waals surface area contributed by atoms with E-state index in [1.807, 2.05) is 26.2 Å². The van der Waals surface area contributed by atoms with Gasteiger partial charge in [0.05, 0.1) is 18.3 Å². The minimum atomic E-state index is -0.214. The summed E-state index contributed by atoms with van der Waals surface area (Å²) in [6.45, 7) is 7.94. The summed E-state index contributed by atoms with van der Waals surface area (Å²) in [5.41, 5.74) is 1.90. The Kier molecular flexibility index (Phi) is 9.99. The summed E-state index contributed by atoms with van der Waals surface area (Å²) < 4.78 is 18.6. The van der Waals surface area contributed by atoms with Crippen LogP contribution in [-0.4, -0.2) is 79.2 Å². The van der Waals surface area contributed by atoms with Crippen molar-refractivity contribution in [2.75, 3.05) is 53.4 Å². The Morgan fingerprint density at radius 3 is 2.63 bits per heavy atom. The maximum atomic E-state index is 13.7. The number of rotatable bonds is 7. The first-order valence-electron chi connectivity index (χ1n) is 10.1. The van der Waals surface area contributed by atoms with Crippen LogP contribution in [0, 0.1) is 5.82 Å². The van der Waals surface area contributed by atoms with E-state index < -0.39 is 0 Å². The lowest BCUT2D eigenvalue weighted by atomic mass is 10.1. The zero-order valence-corrected chi connectivity index (χ0v) is 20.3. The molecule has 0 bridgehead atoms. The molecule has 30 heavy (non-hydrogen) atoms. The van der Waals surface area contributed by atoms with Gasteiger partial charge in [-0.2, -0.15) is 0 Å². The molecule has 1 atom stereocenters. The van der Waals surface area contributed by atoms with Gasteiger partial charge in [-0.25, -0.2) is 4.39 Å². The standard InChI is InChI=1S/C21H31FN6O.HI/c1-4-23-21(24-15-20(26(2)3)17-6-5-7-18(22)14-17)28-11-9-27(10-12-28)16-19-8-13-29-25-19;/h5-8,13-14,20H,4,9-12,15-16H2,1-3H3,(H,23,24);1H. The molecule has 9 heteroatoms. The predicted octanol–water partition coefficient (Wildman–Crippen LogP) is 2.82. The predicted molar refractivity (Wildman–Crippen MR) is 128 cm³/mol. The molecule has 0 saturated carbocycles. The van der Waals surface area contributed by atoms with Gasteiger partial charge in [0.1, 0.15) is 12.1 Å². The minimum Gasteiger partial charge on any atom is -0.364 e. The number of guanidine groups is 1. The molecule has 1 fully saturated rings. The van der Waals surface area contributed by atoms with Crippen molar-refractivity contribution in [3.8, 4) is 0 Å². The van der Waals surface area contributed by atoms with Crippen LogP contribution in [-0.2, 0) is 6.54 Å². The molecule has 3 rings (SSSR count). The average Bonchev–Trinajstić information content (AvgIpc) is 3.21. The Labute approximate surface area is 195 Å². The van der Waals surface area contributed by atoms with Gasteiger partial charge in [0, 0.05) is 45.3 Å². The van der Waals surface area contributed by atoms with E-state index in [1.165, 1.54) is 6.07 Å². The Morgan fingerprint density at radius 2 is 2.03 bits per heavy atom. The number of nitrogens with zero attached hydrogens (tertiary/aromatic N) is 5. The Hall–Kier alpha value is -1.72. The van der Waals surface area contributed by atoms with Gasteiger partial charge in [0.15, 0.2) is 5.96 Å². The quantitative estimate of drug-likeness (QED) is 0.338. The summed E-state index contributed by atoms with van der Waals surface area (Å²) in [4.78, 5) is 11.6. The van der Waals surface area contributed by atoms with Gasteiger partial charge in [-0.1, -0.05) is 17.3 Å². The molecule has 0 radical (unpaired) electrons. The van der Waals surface area contributed by atoms with Crippen LogP contribution in [0.3, 0.4) is 0 Å². The number of aliphatic imine (C=N–C) groups is 1. The summed E-state index contributed by atoms with van der Waals surface area (Å²) in [6.07, 6.45) is 1.61. The monoisotopic (exact) mass is 530 g/mol. The molecule has 7 nitrogen and oxygen atoms in total. The molecule has 166 valence electrons. The molecule has 1 aromatic carbocycles. The van der Waals surface area contributed by atoms with Crippen LogP contribution in [0.2, 0.25) is 0 Å². The Balaban J connectivity index is 0.00000320. The van der Waals surface area contributed by atoms with Gasteiger partial charge in [-0.05, 0) is 38.7 Å². The number of aromatic nitrogens is 1. The number of benzene rings is 1. The van der Waals surface area contributed by atoms with E-state index >= 15 is 0 Å². The SMILES string of the molecule is CCNC(=NCC(c1cccc(F)c1)N(C)C)N1CCN(Cc2ccon2)CC1.I. The summed E-state index contributed by atoms with van der Waals surface area (Å²) in [5, 5.41) is 7.40. The molecule has 2 aromatic rings. The normalized spacial score (nSPS) is 16.4. The second-order valence-electron chi connectivity index (χ2n) is 7.48. The lowest BCUT2D eigenvalue weighted by Gasteiger charge is -2.36. The fourth-order valence-electron chi connectivity index (χ4n) is 3.55. The van der Waals surface area contributed by atoms with Gasteiger partial charge in [-0.15, -0.1) is 24.0 Å². The van der Waals surface area contributed by atoms with E-state index in [4.69, 9.17) is 9.52 Å². The molecular formula is C21H32FIN6O. The molecule has 1 saturated heterocycles. The number of halogens is 2. The van der Waals surface area contributed by atoms with E-state index in [0.717, 1.165) is 56.5 Å². The van der Waals surface area contributed by atoms with E-state index in [2.05, 4.69) is 32.1 Å². The van der Waals surface area contributed by atoms with Crippen molar-refractivity contribution in [3.05, 3.63) is 53.7 Å². The molecule has 1 N–H and O–H groups in total. The zero-order chi connectivity index (χ0) is 20.6. The fourth-order valence-corrected chi connectivity index (χ4v) is 3.55. The molecule has 1 aliphatic rings. The van der Waals surface area contributed by atoms with Crippen LogP contribution in [0.5, 0.6) is 0 Å². The van der Waals surface area contributed by atoms with Gasteiger partial charge < -0.3 is 19.6 Å². The largest absolute Gasteiger partial charge is 0.364 e. The maximum absolute atomic E-state index is 13.7. The molecule has 1 aliphatic heterocycles. The third-order valence-corrected chi connectivity index (χ3v) is 5.15. The van der Waals surface area contributed by atoms with E-state index in [1.54, 1.807) is 18.4 Å². The average molecular weight is 530 g/mol. The van der Waals surface area contributed by atoms with E-state index in [0.29, 0.717) is 6.54 Å². The van der Waals surface area contributed by atoms with Crippen molar-refractivity contribution in [1.82, 2.24) is 25.2 Å². The molecule has 0 spiro atoms. The van der Waals surface area contributed by atoms with Gasteiger partial charge in [0.2, 0.25) is 0 Å². The summed E-state index contributed by atoms with van der Waals surface area (Å²) in [5.74, 6) is 0.699. The van der Waals surface area contributed by atoms with Crippen LogP contribution in [0.25, 0.3) is 0 Å². The molecule has 0 amide bonds.